The fourth-order valence-corrected chi connectivity index (χ4v) is 3.20. The normalized spacial score (nSPS) is 11.7. The van der Waals surface area contributed by atoms with Gasteiger partial charge in [0, 0.05) is 22.8 Å². The summed E-state index contributed by atoms with van der Waals surface area (Å²) in [4.78, 5) is 15.8. The van der Waals surface area contributed by atoms with Crippen LogP contribution in [0.4, 0.5) is 5.69 Å². The number of fused-ring (bicyclic) bond motifs is 1. The van der Waals surface area contributed by atoms with Crippen molar-refractivity contribution >= 4 is 22.5 Å². The van der Waals surface area contributed by atoms with Crippen molar-refractivity contribution < 1.29 is 4.79 Å². The van der Waals surface area contributed by atoms with Gasteiger partial charge in [-0.3, -0.25) is 4.79 Å². The van der Waals surface area contributed by atoms with Crippen LogP contribution in [0, 0.1) is 6.92 Å². The van der Waals surface area contributed by atoms with Crippen LogP contribution in [0.2, 0.25) is 0 Å². The SMILES string of the molecule is Cc1cccc2[nH]cc(CC(=O)Nc3ccccc3C(C)(C)C)c12. The Morgan fingerprint density at radius 2 is 1.83 bits per heavy atom. The molecular weight excluding hydrogens is 296 g/mol. The third kappa shape index (κ3) is 3.21. The molecule has 0 aliphatic heterocycles. The lowest BCUT2D eigenvalue weighted by atomic mass is 9.86. The molecule has 0 saturated heterocycles. The van der Waals surface area contributed by atoms with E-state index in [1.165, 1.54) is 5.56 Å². The highest BCUT2D eigenvalue weighted by atomic mass is 16.1. The summed E-state index contributed by atoms with van der Waals surface area (Å²) in [5, 5.41) is 4.24. The zero-order chi connectivity index (χ0) is 17.3. The van der Waals surface area contributed by atoms with E-state index in [4.69, 9.17) is 0 Å². The first kappa shape index (κ1) is 16.3. The Morgan fingerprint density at radius 3 is 2.58 bits per heavy atom. The molecule has 3 heteroatoms. The zero-order valence-corrected chi connectivity index (χ0v) is 14.7. The Balaban J connectivity index is 1.84. The van der Waals surface area contributed by atoms with Crippen LogP contribution < -0.4 is 5.32 Å². The average molecular weight is 320 g/mol. The number of para-hydroxylation sites is 1. The zero-order valence-electron chi connectivity index (χ0n) is 14.7. The van der Waals surface area contributed by atoms with Crippen molar-refractivity contribution in [3.8, 4) is 0 Å². The Morgan fingerprint density at radius 1 is 1.08 bits per heavy atom. The summed E-state index contributed by atoms with van der Waals surface area (Å²) in [5.41, 5.74) is 5.33. The molecular formula is C21H24N2O. The van der Waals surface area contributed by atoms with Crippen LogP contribution in [0.15, 0.2) is 48.7 Å². The molecule has 0 unspecified atom stereocenters. The van der Waals surface area contributed by atoms with Gasteiger partial charge in [0.05, 0.1) is 6.42 Å². The monoisotopic (exact) mass is 320 g/mol. The lowest BCUT2D eigenvalue weighted by Gasteiger charge is -2.23. The number of H-pyrrole nitrogens is 1. The van der Waals surface area contributed by atoms with Gasteiger partial charge in [-0.15, -0.1) is 0 Å². The maximum atomic E-state index is 12.6. The predicted molar refractivity (Wildman–Crippen MR) is 101 cm³/mol. The van der Waals surface area contributed by atoms with Gasteiger partial charge in [-0.2, -0.15) is 0 Å². The van der Waals surface area contributed by atoms with Crippen LogP contribution >= 0.6 is 0 Å². The van der Waals surface area contributed by atoms with Gasteiger partial charge in [0.2, 0.25) is 5.91 Å². The lowest BCUT2D eigenvalue weighted by molar-refractivity contribution is -0.115. The molecule has 0 atom stereocenters. The number of carbonyl (C=O) groups excluding carboxylic acids is 1. The number of hydrogen-bond acceptors (Lipinski definition) is 1. The highest BCUT2D eigenvalue weighted by Crippen LogP contribution is 2.29. The summed E-state index contributed by atoms with van der Waals surface area (Å²) in [6, 6.07) is 14.2. The molecule has 3 nitrogen and oxygen atoms in total. The van der Waals surface area contributed by atoms with E-state index in [0.29, 0.717) is 6.42 Å². The molecule has 2 N–H and O–H groups in total. The molecule has 0 spiro atoms. The van der Waals surface area contributed by atoms with Gasteiger partial charge in [0.15, 0.2) is 0 Å². The van der Waals surface area contributed by atoms with Crippen LogP contribution in [0.25, 0.3) is 10.9 Å². The van der Waals surface area contributed by atoms with Crippen molar-refractivity contribution in [2.24, 2.45) is 0 Å². The Labute approximate surface area is 143 Å². The maximum absolute atomic E-state index is 12.6. The van der Waals surface area contributed by atoms with Crippen LogP contribution in [0.1, 0.15) is 37.5 Å². The van der Waals surface area contributed by atoms with Gasteiger partial charge < -0.3 is 10.3 Å². The predicted octanol–water partition coefficient (Wildman–Crippen LogP) is 4.96. The second kappa shape index (κ2) is 6.16. The first-order valence-corrected chi connectivity index (χ1v) is 8.31. The number of anilines is 1. The fourth-order valence-electron chi connectivity index (χ4n) is 3.20. The second-order valence-electron chi connectivity index (χ2n) is 7.33. The number of amides is 1. The quantitative estimate of drug-likeness (QED) is 0.704. The van der Waals surface area contributed by atoms with Crippen molar-refractivity contribution in [3.63, 3.8) is 0 Å². The summed E-state index contributed by atoms with van der Waals surface area (Å²) in [6.45, 7) is 8.54. The number of aromatic amines is 1. The molecule has 0 radical (unpaired) electrons. The molecule has 0 aliphatic carbocycles. The summed E-state index contributed by atoms with van der Waals surface area (Å²) < 4.78 is 0. The van der Waals surface area contributed by atoms with Crippen LogP contribution in [0.3, 0.4) is 0 Å². The van der Waals surface area contributed by atoms with Crippen molar-refractivity contribution in [1.82, 2.24) is 4.98 Å². The smallest absolute Gasteiger partial charge is 0.228 e. The second-order valence-corrected chi connectivity index (χ2v) is 7.33. The van der Waals surface area contributed by atoms with E-state index >= 15 is 0 Å². The van der Waals surface area contributed by atoms with E-state index < -0.39 is 0 Å². The maximum Gasteiger partial charge on any atom is 0.228 e. The highest BCUT2D eigenvalue weighted by molar-refractivity contribution is 5.97. The Kier molecular flexibility index (Phi) is 4.18. The van der Waals surface area contributed by atoms with Crippen molar-refractivity contribution in [2.75, 3.05) is 5.32 Å². The summed E-state index contributed by atoms with van der Waals surface area (Å²) in [6.07, 6.45) is 2.30. The molecule has 0 aliphatic rings. The number of rotatable bonds is 3. The average Bonchev–Trinajstić information content (AvgIpc) is 2.91. The Bertz CT molecular complexity index is 884. The molecule has 1 aromatic heterocycles. The number of aryl methyl sites for hydroxylation is 1. The molecule has 3 aromatic rings. The van der Waals surface area contributed by atoms with Gasteiger partial charge in [-0.25, -0.2) is 0 Å². The van der Waals surface area contributed by atoms with E-state index in [1.807, 2.05) is 36.5 Å². The summed E-state index contributed by atoms with van der Waals surface area (Å²) >= 11 is 0. The third-order valence-corrected chi connectivity index (χ3v) is 4.36. The molecule has 24 heavy (non-hydrogen) atoms. The van der Waals surface area contributed by atoms with Gasteiger partial charge >= 0.3 is 0 Å². The molecule has 0 bridgehead atoms. The molecule has 0 saturated carbocycles. The minimum Gasteiger partial charge on any atom is -0.361 e. The van der Waals surface area contributed by atoms with E-state index in [-0.39, 0.29) is 11.3 Å². The lowest BCUT2D eigenvalue weighted by Crippen LogP contribution is -2.19. The van der Waals surface area contributed by atoms with E-state index in [1.54, 1.807) is 0 Å². The fraction of sp³-hybridized carbons (Fsp3) is 0.286. The van der Waals surface area contributed by atoms with Gasteiger partial charge in [0.1, 0.15) is 0 Å². The minimum atomic E-state index is -0.0127. The number of aromatic nitrogens is 1. The first-order chi connectivity index (χ1) is 11.4. The topological polar surface area (TPSA) is 44.9 Å². The number of nitrogens with one attached hydrogen (secondary N) is 2. The number of carbonyl (C=O) groups is 1. The summed E-state index contributed by atoms with van der Waals surface area (Å²) in [7, 11) is 0. The van der Waals surface area contributed by atoms with Crippen LogP contribution in [-0.4, -0.2) is 10.9 Å². The first-order valence-electron chi connectivity index (χ1n) is 8.31. The molecule has 1 amide bonds. The standard InChI is InChI=1S/C21H24N2O/c1-14-8-7-11-18-20(14)15(13-22-18)12-19(24)23-17-10-6-5-9-16(17)21(2,3)4/h5-11,13,22H,12H2,1-4H3,(H,23,24). The molecule has 1 heterocycles. The largest absolute Gasteiger partial charge is 0.361 e. The van der Waals surface area contributed by atoms with E-state index in [9.17, 15) is 4.79 Å². The third-order valence-electron chi connectivity index (χ3n) is 4.36. The van der Waals surface area contributed by atoms with E-state index in [2.05, 4.69) is 50.1 Å². The highest BCUT2D eigenvalue weighted by Gasteiger charge is 2.19. The molecule has 2 aromatic carbocycles. The number of benzene rings is 2. The minimum absolute atomic E-state index is 0.0100. The van der Waals surface area contributed by atoms with Crippen LogP contribution in [0.5, 0.6) is 0 Å². The van der Waals surface area contributed by atoms with Crippen LogP contribution in [-0.2, 0) is 16.6 Å². The molecule has 3 rings (SSSR count). The molecule has 124 valence electrons. The van der Waals surface area contributed by atoms with Gasteiger partial charge in [-0.05, 0) is 41.2 Å². The van der Waals surface area contributed by atoms with Gasteiger partial charge in [-0.1, -0.05) is 51.1 Å². The van der Waals surface area contributed by atoms with Crippen molar-refractivity contribution in [1.29, 1.82) is 0 Å². The van der Waals surface area contributed by atoms with E-state index in [0.717, 1.165) is 27.7 Å². The number of hydrogen-bond donors (Lipinski definition) is 2. The summed E-state index contributed by atoms with van der Waals surface area (Å²) in [5.74, 6) is 0.0100. The Hall–Kier alpha value is -2.55. The van der Waals surface area contributed by atoms with Crippen molar-refractivity contribution in [2.45, 2.75) is 39.5 Å². The van der Waals surface area contributed by atoms with Gasteiger partial charge in [0.25, 0.3) is 0 Å². The van der Waals surface area contributed by atoms with Crippen molar-refractivity contribution in [3.05, 3.63) is 65.4 Å². The molecule has 0 fully saturated rings.